The summed E-state index contributed by atoms with van der Waals surface area (Å²) in [4.78, 5) is 21.4. The third kappa shape index (κ3) is 5.07. The number of nitrogens with one attached hydrogen (secondary N) is 3. The fraction of sp³-hybridized carbons (Fsp3) is 0.125. The van der Waals surface area contributed by atoms with Crippen LogP contribution in [0.2, 0.25) is 0 Å². The van der Waals surface area contributed by atoms with E-state index in [0.29, 0.717) is 12.1 Å². The van der Waals surface area contributed by atoms with Crippen LogP contribution in [-0.4, -0.2) is 29.5 Å². The highest BCUT2D eigenvalue weighted by atomic mass is 79.9. The summed E-state index contributed by atoms with van der Waals surface area (Å²) in [6.45, 7) is 0.683. The maximum atomic E-state index is 12.6. The summed E-state index contributed by atoms with van der Waals surface area (Å²) in [5.74, 6) is 0.625. The Balaban J connectivity index is 1.57. The van der Waals surface area contributed by atoms with Gasteiger partial charge in [-0.2, -0.15) is 0 Å². The molecule has 0 aliphatic rings. The Morgan fingerprint density at radius 1 is 1.00 bits per heavy atom. The van der Waals surface area contributed by atoms with Gasteiger partial charge in [0.25, 0.3) is 5.91 Å². The van der Waals surface area contributed by atoms with Crippen LogP contribution >= 0.6 is 15.9 Å². The minimum atomic E-state index is -0.149. The predicted molar refractivity (Wildman–Crippen MR) is 128 cm³/mol. The number of carbonyl (C=O) groups excluding carboxylic acids is 1. The Morgan fingerprint density at radius 3 is 2.61 bits per heavy atom. The molecule has 0 saturated carbocycles. The van der Waals surface area contributed by atoms with Crippen molar-refractivity contribution in [3.8, 4) is 0 Å². The summed E-state index contributed by atoms with van der Waals surface area (Å²) in [6, 6.07) is 23.0. The number of hydrogen-bond donors (Lipinski definition) is 3. The predicted octanol–water partition coefficient (Wildman–Crippen LogP) is 5.02. The zero-order valence-corrected chi connectivity index (χ0v) is 18.6. The molecule has 0 saturated heterocycles. The van der Waals surface area contributed by atoms with Crippen LogP contribution in [0, 0.1) is 0 Å². The van der Waals surface area contributed by atoms with Crippen molar-refractivity contribution in [2.75, 3.05) is 24.2 Å². The number of carbonyl (C=O) groups is 1. The lowest BCUT2D eigenvalue weighted by molar-refractivity contribution is 0.102. The molecule has 156 valence electrons. The Morgan fingerprint density at radius 2 is 1.81 bits per heavy atom. The van der Waals surface area contributed by atoms with Gasteiger partial charge < -0.3 is 16.0 Å². The lowest BCUT2D eigenvalue weighted by Crippen LogP contribution is -2.24. The Labute approximate surface area is 189 Å². The largest absolute Gasteiger partial charge is 0.361 e. The molecule has 31 heavy (non-hydrogen) atoms. The van der Waals surface area contributed by atoms with Crippen molar-refractivity contribution in [2.24, 2.45) is 0 Å². The summed E-state index contributed by atoms with van der Waals surface area (Å²) in [5, 5.41) is 10.7. The molecule has 0 bridgehead atoms. The van der Waals surface area contributed by atoms with E-state index in [1.165, 1.54) is 0 Å². The number of benzene rings is 3. The van der Waals surface area contributed by atoms with E-state index >= 15 is 0 Å². The van der Waals surface area contributed by atoms with Crippen LogP contribution in [0.15, 0.2) is 83.6 Å². The standard InChI is InChI=1S/C24H22BrN5O/c1-26-14-22(30-23-20-7-2-3-8-21(20)27-15-28-23)17-5-4-6-19(13-17)29-24(31)16-9-11-18(25)12-10-16/h2-13,15,22,26H,14H2,1H3,(H,29,31)(H,27,28,30). The van der Waals surface area contributed by atoms with Crippen LogP contribution in [0.1, 0.15) is 22.0 Å². The number of halogens is 1. The summed E-state index contributed by atoms with van der Waals surface area (Å²) >= 11 is 3.39. The number of amides is 1. The summed E-state index contributed by atoms with van der Waals surface area (Å²) < 4.78 is 0.935. The van der Waals surface area contributed by atoms with Crippen LogP contribution in [0.3, 0.4) is 0 Å². The number of hydrogen-bond acceptors (Lipinski definition) is 5. The molecule has 3 N–H and O–H groups in total. The van der Waals surface area contributed by atoms with Crippen molar-refractivity contribution in [2.45, 2.75) is 6.04 Å². The molecule has 0 radical (unpaired) electrons. The quantitative estimate of drug-likeness (QED) is 0.349. The molecule has 1 heterocycles. The van der Waals surface area contributed by atoms with Crippen LogP contribution in [-0.2, 0) is 0 Å². The van der Waals surface area contributed by atoms with Crippen molar-refractivity contribution >= 4 is 44.2 Å². The highest BCUT2D eigenvalue weighted by molar-refractivity contribution is 9.10. The minimum Gasteiger partial charge on any atom is -0.361 e. The molecule has 1 atom stereocenters. The third-order valence-corrected chi connectivity index (χ3v) is 5.44. The van der Waals surface area contributed by atoms with Gasteiger partial charge in [-0.25, -0.2) is 9.97 Å². The normalized spacial score (nSPS) is 11.8. The molecule has 0 fully saturated rings. The third-order valence-electron chi connectivity index (χ3n) is 4.92. The van der Waals surface area contributed by atoms with Gasteiger partial charge in [0.2, 0.25) is 0 Å². The first-order valence-corrected chi connectivity index (χ1v) is 10.7. The molecule has 4 aromatic rings. The van der Waals surface area contributed by atoms with Gasteiger partial charge in [-0.05, 0) is 61.1 Å². The first-order chi connectivity index (χ1) is 15.1. The van der Waals surface area contributed by atoms with Crippen molar-refractivity contribution in [1.82, 2.24) is 15.3 Å². The highest BCUT2D eigenvalue weighted by Crippen LogP contribution is 2.25. The van der Waals surface area contributed by atoms with Gasteiger partial charge in [0.1, 0.15) is 12.1 Å². The lowest BCUT2D eigenvalue weighted by atomic mass is 10.1. The van der Waals surface area contributed by atoms with E-state index in [1.807, 2.05) is 67.7 Å². The molecule has 0 spiro atoms. The summed E-state index contributed by atoms with van der Waals surface area (Å²) in [5.41, 5.74) is 3.26. The van der Waals surface area contributed by atoms with Crippen molar-refractivity contribution < 1.29 is 4.79 Å². The van der Waals surface area contributed by atoms with Crippen molar-refractivity contribution in [1.29, 1.82) is 0 Å². The molecule has 6 nitrogen and oxygen atoms in total. The zero-order valence-electron chi connectivity index (χ0n) is 17.0. The van der Waals surface area contributed by atoms with Crippen molar-refractivity contribution in [3.63, 3.8) is 0 Å². The van der Waals surface area contributed by atoms with Gasteiger partial charge >= 0.3 is 0 Å². The van der Waals surface area contributed by atoms with E-state index in [2.05, 4.69) is 41.8 Å². The highest BCUT2D eigenvalue weighted by Gasteiger charge is 2.15. The average Bonchev–Trinajstić information content (AvgIpc) is 2.79. The van der Waals surface area contributed by atoms with E-state index in [4.69, 9.17) is 0 Å². The second kappa shape index (κ2) is 9.68. The van der Waals surface area contributed by atoms with E-state index in [1.54, 1.807) is 18.5 Å². The second-order valence-electron chi connectivity index (χ2n) is 7.08. The van der Waals surface area contributed by atoms with E-state index in [9.17, 15) is 4.79 Å². The molecule has 1 amide bonds. The summed E-state index contributed by atoms with van der Waals surface area (Å²) in [7, 11) is 1.91. The molecule has 3 aromatic carbocycles. The monoisotopic (exact) mass is 475 g/mol. The Kier molecular flexibility index (Phi) is 6.54. The first kappa shape index (κ1) is 21.0. The average molecular weight is 476 g/mol. The van der Waals surface area contributed by atoms with Gasteiger partial charge in [-0.15, -0.1) is 0 Å². The molecule has 1 unspecified atom stereocenters. The fourth-order valence-electron chi connectivity index (χ4n) is 3.38. The summed E-state index contributed by atoms with van der Waals surface area (Å²) in [6.07, 6.45) is 1.57. The van der Waals surface area contributed by atoms with Crippen LogP contribution in [0.4, 0.5) is 11.5 Å². The van der Waals surface area contributed by atoms with Crippen molar-refractivity contribution in [3.05, 3.63) is 94.7 Å². The Bertz CT molecular complexity index is 1190. The lowest BCUT2D eigenvalue weighted by Gasteiger charge is -2.21. The molecular weight excluding hydrogens is 454 g/mol. The molecule has 0 aliphatic carbocycles. The number of fused-ring (bicyclic) bond motifs is 1. The number of rotatable bonds is 7. The SMILES string of the molecule is CNCC(Nc1ncnc2ccccc12)c1cccc(NC(=O)c2ccc(Br)cc2)c1. The molecule has 1 aromatic heterocycles. The van der Waals surface area contributed by atoms with E-state index in [0.717, 1.165) is 32.4 Å². The topological polar surface area (TPSA) is 78.9 Å². The van der Waals surface area contributed by atoms with Gasteiger partial charge in [-0.1, -0.05) is 40.2 Å². The fourth-order valence-corrected chi connectivity index (χ4v) is 3.64. The Hall–Kier alpha value is -3.29. The smallest absolute Gasteiger partial charge is 0.255 e. The molecule has 0 aliphatic heterocycles. The van der Waals surface area contributed by atoms with Gasteiger partial charge in [0.15, 0.2) is 0 Å². The minimum absolute atomic E-state index is 0.0483. The van der Waals surface area contributed by atoms with E-state index in [-0.39, 0.29) is 11.9 Å². The van der Waals surface area contributed by atoms with Gasteiger partial charge in [-0.3, -0.25) is 4.79 Å². The van der Waals surface area contributed by atoms with Gasteiger partial charge in [0.05, 0.1) is 11.6 Å². The number of para-hydroxylation sites is 1. The number of anilines is 2. The number of likely N-dealkylation sites (N-methyl/N-ethyl adjacent to an activating group) is 1. The maximum Gasteiger partial charge on any atom is 0.255 e. The molecule has 7 heteroatoms. The first-order valence-electron chi connectivity index (χ1n) is 9.92. The second-order valence-corrected chi connectivity index (χ2v) is 8.00. The van der Waals surface area contributed by atoms with E-state index < -0.39 is 0 Å². The molecule has 4 rings (SSSR count). The number of nitrogens with zero attached hydrogens (tertiary/aromatic N) is 2. The van der Waals surface area contributed by atoms with Crippen LogP contribution in [0.5, 0.6) is 0 Å². The maximum absolute atomic E-state index is 12.6. The van der Waals surface area contributed by atoms with Crippen LogP contribution in [0.25, 0.3) is 10.9 Å². The molecular formula is C24H22BrN5O. The van der Waals surface area contributed by atoms with Gasteiger partial charge in [0, 0.05) is 27.7 Å². The number of aromatic nitrogens is 2. The zero-order chi connectivity index (χ0) is 21.6. The van der Waals surface area contributed by atoms with Crippen LogP contribution < -0.4 is 16.0 Å².